The third kappa shape index (κ3) is 7.14. The quantitative estimate of drug-likeness (QED) is 0.615. The highest BCUT2D eigenvalue weighted by Crippen LogP contribution is 2.15. The molecule has 84 valence electrons. The summed E-state index contributed by atoms with van der Waals surface area (Å²) >= 11 is 0. The van der Waals surface area contributed by atoms with Gasteiger partial charge < -0.3 is 5.11 Å². The van der Waals surface area contributed by atoms with Gasteiger partial charge in [-0.15, -0.1) is 0 Å². The third-order valence-corrected chi connectivity index (χ3v) is 2.74. The molecule has 14 heavy (non-hydrogen) atoms. The van der Waals surface area contributed by atoms with Crippen molar-refractivity contribution in [3.05, 3.63) is 11.6 Å². The molecular weight excluding hydrogens is 172 g/mol. The van der Waals surface area contributed by atoms with E-state index in [1.54, 1.807) is 5.57 Å². The zero-order valence-corrected chi connectivity index (χ0v) is 10.2. The van der Waals surface area contributed by atoms with Gasteiger partial charge in [-0.05, 0) is 44.9 Å². The van der Waals surface area contributed by atoms with Gasteiger partial charge in [0.1, 0.15) is 0 Å². The maximum Gasteiger partial charge on any atom is 0.0514 e. The van der Waals surface area contributed by atoms with Crippen molar-refractivity contribution in [3.8, 4) is 0 Å². The lowest BCUT2D eigenvalue weighted by atomic mass is 9.97. The van der Waals surface area contributed by atoms with Gasteiger partial charge >= 0.3 is 0 Å². The molecule has 1 N–H and O–H groups in total. The van der Waals surface area contributed by atoms with E-state index in [1.165, 1.54) is 25.7 Å². The Labute approximate surface area is 89.2 Å². The molecule has 0 aliphatic carbocycles. The first-order valence-electron chi connectivity index (χ1n) is 5.96. The Kier molecular flexibility index (Phi) is 7.87. The number of allylic oxidation sites excluding steroid dienone is 2. The smallest absolute Gasteiger partial charge is 0.0514 e. The minimum absolute atomic E-state index is 0.147. The fraction of sp³-hybridized carbons (Fsp3) is 0.846. The molecule has 0 aromatic heterocycles. The lowest BCUT2D eigenvalue weighted by molar-refractivity contribution is 0.162. The van der Waals surface area contributed by atoms with Crippen LogP contribution in [0.5, 0.6) is 0 Å². The number of hydrogen-bond acceptors (Lipinski definition) is 1. The van der Waals surface area contributed by atoms with Crippen LogP contribution in [0.25, 0.3) is 0 Å². The average molecular weight is 198 g/mol. The Morgan fingerprint density at radius 1 is 1.21 bits per heavy atom. The van der Waals surface area contributed by atoms with Crippen LogP contribution in [0, 0.1) is 5.92 Å². The molecule has 0 rings (SSSR count). The molecule has 2 atom stereocenters. The molecule has 0 spiro atoms. The first kappa shape index (κ1) is 13.7. The van der Waals surface area contributed by atoms with Gasteiger partial charge in [-0.3, -0.25) is 0 Å². The largest absolute Gasteiger partial charge is 0.393 e. The van der Waals surface area contributed by atoms with Crippen molar-refractivity contribution in [2.24, 2.45) is 5.92 Å². The summed E-state index contributed by atoms with van der Waals surface area (Å²) in [5.41, 5.74) is 1.56. The molecule has 0 radical (unpaired) electrons. The number of hydrogen-bond donors (Lipinski definition) is 1. The molecule has 0 bridgehead atoms. The monoisotopic (exact) mass is 198 g/mol. The van der Waals surface area contributed by atoms with E-state index in [4.69, 9.17) is 0 Å². The second-order valence-electron chi connectivity index (χ2n) is 4.34. The van der Waals surface area contributed by atoms with Crippen LogP contribution in [-0.4, -0.2) is 11.2 Å². The topological polar surface area (TPSA) is 20.2 Å². The molecule has 0 aliphatic rings. The van der Waals surface area contributed by atoms with E-state index < -0.39 is 0 Å². The fourth-order valence-corrected chi connectivity index (χ4v) is 1.81. The van der Waals surface area contributed by atoms with Gasteiger partial charge in [0.05, 0.1) is 6.10 Å². The lowest BCUT2D eigenvalue weighted by Crippen LogP contribution is -2.06. The van der Waals surface area contributed by atoms with Crippen LogP contribution >= 0.6 is 0 Å². The van der Waals surface area contributed by atoms with E-state index in [0.29, 0.717) is 5.92 Å². The maximum atomic E-state index is 9.21. The van der Waals surface area contributed by atoms with E-state index >= 15 is 0 Å². The molecule has 0 fully saturated rings. The molecule has 2 unspecified atom stereocenters. The second kappa shape index (κ2) is 8.05. The summed E-state index contributed by atoms with van der Waals surface area (Å²) in [5.74, 6) is 0.640. The van der Waals surface area contributed by atoms with Gasteiger partial charge in [-0.1, -0.05) is 32.4 Å². The van der Waals surface area contributed by atoms with Crippen molar-refractivity contribution in [1.29, 1.82) is 0 Å². The van der Waals surface area contributed by atoms with Gasteiger partial charge in [0, 0.05) is 0 Å². The molecule has 0 aromatic carbocycles. The lowest BCUT2D eigenvalue weighted by Gasteiger charge is -2.12. The van der Waals surface area contributed by atoms with Gasteiger partial charge in [-0.25, -0.2) is 0 Å². The summed E-state index contributed by atoms with van der Waals surface area (Å²) in [7, 11) is 0. The summed E-state index contributed by atoms with van der Waals surface area (Å²) in [6, 6.07) is 0. The molecule has 0 saturated heterocycles. The summed E-state index contributed by atoms with van der Waals surface area (Å²) in [6.45, 7) is 8.52. The first-order chi connectivity index (χ1) is 6.60. The van der Waals surface area contributed by atoms with Gasteiger partial charge in [-0.2, -0.15) is 0 Å². The van der Waals surface area contributed by atoms with Crippen molar-refractivity contribution < 1.29 is 5.11 Å². The Hall–Kier alpha value is -0.300. The standard InChI is InChI=1S/C13H26O/c1-5-13(6-2)9-7-8-11(3)10-12(4)14/h9,11-12,14H,5-8,10H2,1-4H3. The van der Waals surface area contributed by atoms with Crippen LogP contribution in [0.3, 0.4) is 0 Å². The molecule has 0 aliphatic heterocycles. The molecule has 0 aromatic rings. The number of aliphatic hydroxyl groups excluding tert-OH is 1. The summed E-state index contributed by atoms with van der Waals surface area (Å²) in [4.78, 5) is 0. The van der Waals surface area contributed by atoms with E-state index in [1.807, 2.05) is 6.92 Å². The van der Waals surface area contributed by atoms with Crippen LogP contribution in [0.4, 0.5) is 0 Å². The fourth-order valence-electron chi connectivity index (χ4n) is 1.81. The Morgan fingerprint density at radius 2 is 1.79 bits per heavy atom. The van der Waals surface area contributed by atoms with Crippen molar-refractivity contribution in [2.45, 2.75) is 65.9 Å². The van der Waals surface area contributed by atoms with Crippen molar-refractivity contribution in [2.75, 3.05) is 0 Å². The summed E-state index contributed by atoms with van der Waals surface area (Å²) in [5, 5.41) is 9.21. The molecular formula is C13H26O. The maximum absolute atomic E-state index is 9.21. The Bertz CT molecular complexity index is 153. The summed E-state index contributed by atoms with van der Waals surface area (Å²) < 4.78 is 0. The average Bonchev–Trinajstić information content (AvgIpc) is 2.11. The highest BCUT2D eigenvalue weighted by molar-refractivity contribution is 4.99. The van der Waals surface area contributed by atoms with Gasteiger partial charge in [0.15, 0.2) is 0 Å². The van der Waals surface area contributed by atoms with Crippen LogP contribution < -0.4 is 0 Å². The molecule has 0 amide bonds. The van der Waals surface area contributed by atoms with Crippen LogP contribution in [0.1, 0.15) is 59.8 Å². The predicted molar refractivity (Wildman–Crippen MR) is 63.4 cm³/mol. The SMILES string of the molecule is CCC(=CCCC(C)CC(C)O)CC. The minimum atomic E-state index is -0.147. The zero-order chi connectivity index (χ0) is 11.0. The zero-order valence-electron chi connectivity index (χ0n) is 10.2. The Balaban J connectivity index is 3.66. The van der Waals surface area contributed by atoms with Gasteiger partial charge in [0.25, 0.3) is 0 Å². The minimum Gasteiger partial charge on any atom is -0.393 e. The van der Waals surface area contributed by atoms with E-state index in [9.17, 15) is 5.11 Å². The molecule has 0 saturated carbocycles. The Morgan fingerprint density at radius 3 is 2.21 bits per heavy atom. The van der Waals surface area contributed by atoms with Crippen LogP contribution in [0.2, 0.25) is 0 Å². The van der Waals surface area contributed by atoms with Crippen molar-refractivity contribution >= 4 is 0 Å². The number of aliphatic hydroxyl groups is 1. The predicted octanol–water partition coefficient (Wildman–Crippen LogP) is 3.92. The highest BCUT2D eigenvalue weighted by atomic mass is 16.3. The summed E-state index contributed by atoms with van der Waals surface area (Å²) in [6.07, 6.45) is 7.90. The van der Waals surface area contributed by atoms with E-state index in [-0.39, 0.29) is 6.10 Å². The van der Waals surface area contributed by atoms with Crippen molar-refractivity contribution in [3.63, 3.8) is 0 Å². The highest BCUT2D eigenvalue weighted by Gasteiger charge is 2.04. The first-order valence-corrected chi connectivity index (χ1v) is 5.96. The van der Waals surface area contributed by atoms with Crippen molar-refractivity contribution in [1.82, 2.24) is 0 Å². The van der Waals surface area contributed by atoms with Gasteiger partial charge in [0.2, 0.25) is 0 Å². The third-order valence-electron chi connectivity index (χ3n) is 2.74. The van der Waals surface area contributed by atoms with E-state index in [0.717, 1.165) is 6.42 Å². The normalized spacial score (nSPS) is 14.9. The number of rotatable bonds is 7. The van der Waals surface area contributed by atoms with Crippen LogP contribution in [0.15, 0.2) is 11.6 Å². The van der Waals surface area contributed by atoms with E-state index in [2.05, 4.69) is 26.8 Å². The molecule has 1 nitrogen and oxygen atoms in total. The molecule has 1 heteroatoms. The molecule has 0 heterocycles. The van der Waals surface area contributed by atoms with Crippen LogP contribution in [-0.2, 0) is 0 Å². The second-order valence-corrected chi connectivity index (χ2v) is 4.34.